The van der Waals surface area contributed by atoms with E-state index in [-0.39, 0.29) is 23.1 Å². The Kier molecular flexibility index (Phi) is 5.93. The molecule has 29 heavy (non-hydrogen) atoms. The van der Waals surface area contributed by atoms with Crippen LogP contribution in [0, 0.1) is 0 Å². The lowest BCUT2D eigenvalue weighted by molar-refractivity contribution is -0.117. The van der Waals surface area contributed by atoms with E-state index in [2.05, 4.69) is 5.32 Å². The van der Waals surface area contributed by atoms with Gasteiger partial charge >= 0.3 is 0 Å². The Balaban J connectivity index is 1.70. The number of anilines is 2. The summed E-state index contributed by atoms with van der Waals surface area (Å²) >= 11 is 0. The maximum Gasteiger partial charge on any atom is 0.225 e. The van der Waals surface area contributed by atoms with Gasteiger partial charge in [0.05, 0.1) is 17.3 Å². The third-order valence-corrected chi connectivity index (χ3v) is 7.17. The molecule has 0 spiro atoms. The van der Waals surface area contributed by atoms with Crippen LogP contribution < -0.4 is 15.0 Å². The van der Waals surface area contributed by atoms with Crippen LogP contribution in [0.15, 0.2) is 47.4 Å². The number of nitrogens with zero attached hydrogens (tertiary/aromatic N) is 1. The first kappa shape index (κ1) is 20.9. The minimum atomic E-state index is -3.68. The predicted molar refractivity (Wildman–Crippen MR) is 111 cm³/mol. The molecule has 1 atom stereocenters. The quantitative estimate of drug-likeness (QED) is 0.782. The number of amides is 2. The molecule has 2 aromatic rings. The Bertz CT molecular complexity index is 1030. The van der Waals surface area contributed by atoms with Gasteiger partial charge in [-0.3, -0.25) is 9.59 Å². The molecule has 0 fully saturated rings. The number of fused-ring (bicyclic) bond motifs is 1. The second-order valence-corrected chi connectivity index (χ2v) is 9.41. The summed E-state index contributed by atoms with van der Waals surface area (Å²) in [4.78, 5) is 25.8. The van der Waals surface area contributed by atoms with E-state index in [4.69, 9.17) is 4.74 Å². The minimum Gasteiger partial charge on any atom is -0.497 e. The largest absolute Gasteiger partial charge is 0.497 e. The van der Waals surface area contributed by atoms with E-state index in [1.165, 1.54) is 19.9 Å². The summed E-state index contributed by atoms with van der Waals surface area (Å²) < 4.78 is 31.0. The van der Waals surface area contributed by atoms with Crippen LogP contribution in [0.2, 0.25) is 0 Å². The van der Waals surface area contributed by atoms with Gasteiger partial charge in [-0.1, -0.05) is 0 Å². The highest BCUT2D eigenvalue weighted by molar-refractivity contribution is 7.92. The molecule has 1 aliphatic rings. The molecule has 1 aliphatic heterocycles. The van der Waals surface area contributed by atoms with Crippen molar-refractivity contribution in [1.29, 1.82) is 0 Å². The fourth-order valence-corrected chi connectivity index (χ4v) is 4.77. The third-order valence-electron chi connectivity index (χ3n) is 5.03. The van der Waals surface area contributed by atoms with E-state index in [1.54, 1.807) is 48.4 Å². The van der Waals surface area contributed by atoms with Crippen LogP contribution in [0.1, 0.15) is 25.8 Å². The molecular formula is C21H24N2O5S. The fourth-order valence-electron chi connectivity index (χ4n) is 3.37. The Morgan fingerprint density at radius 1 is 1.17 bits per heavy atom. The molecule has 0 radical (unpaired) electrons. The number of carbonyl (C=O) groups excluding carboxylic acids is 2. The molecule has 0 saturated carbocycles. The molecule has 7 nitrogen and oxygen atoms in total. The number of rotatable bonds is 6. The molecule has 1 heterocycles. The molecule has 8 heteroatoms. The van der Waals surface area contributed by atoms with E-state index < -0.39 is 15.1 Å². The Morgan fingerprint density at radius 2 is 1.86 bits per heavy atom. The Morgan fingerprint density at radius 3 is 2.48 bits per heavy atom. The van der Waals surface area contributed by atoms with Crippen molar-refractivity contribution in [3.63, 3.8) is 0 Å². The maximum atomic E-state index is 12.9. The Hall–Kier alpha value is -2.87. The van der Waals surface area contributed by atoms with Gasteiger partial charge in [-0.05, 0) is 61.4 Å². The molecule has 0 saturated heterocycles. The normalized spacial score (nSPS) is 14.2. The zero-order valence-corrected chi connectivity index (χ0v) is 17.5. The molecule has 2 amide bonds. The lowest BCUT2D eigenvalue weighted by Crippen LogP contribution is -2.26. The highest BCUT2D eigenvalue weighted by atomic mass is 32.2. The van der Waals surface area contributed by atoms with Crippen molar-refractivity contribution in [3.8, 4) is 5.75 Å². The summed E-state index contributed by atoms with van der Waals surface area (Å²) in [5.41, 5.74) is 2.15. The van der Waals surface area contributed by atoms with E-state index in [1.807, 2.05) is 0 Å². The van der Waals surface area contributed by atoms with Crippen LogP contribution in [0.25, 0.3) is 0 Å². The monoisotopic (exact) mass is 416 g/mol. The first-order valence-electron chi connectivity index (χ1n) is 9.31. The predicted octanol–water partition coefficient (Wildman–Crippen LogP) is 2.80. The van der Waals surface area contributed by atoms with Crippen molar-refractivity contribution in [2.45, 2.75) is 36.8 Å². The van der Waals surface area contributed by atoms with Crippen molar-refractivity contribution in [3.05, 3.63) is 48.0 Å². The van der Waals surface area contributed by atoms with Crippen LogP contribution in [-0.4, -0.2) is 39.1 Å². The zero-order chi connectivity index (χ0) is 21.2. The van der Waals surface area contributed by atoms with Crippen molar-refractivity contribution >= 4 is 33.0 Å². The first-order valence-corrected chi connectivity index (χ1v) is 10.9. The fraction of sp³-hybridized carbons (Fsp3) is 0.333. The van der Waals surface area contributed by atoms with Crippen molar-refractivity contribution in [1.82, 2.24) is 0 Å². The Labute approximate surface area is 170 Å². The van der Waals surface area contributed by atoms with Crippen LogP contribution >= 0.6 is 0 Å². The highest BCUT2D eigenvalue weighted by Crippen LogP contribution is 2.31. The van der Waals surface area contributed by atoms with Crippen molar-refractivity contribution in [2.75, 3.05) is 23.9 Å². The molecule has 0 aromatic heterocycles. The maximum absolute atomic E-state index is 12.9. The number of sulfone groups is 1. The molecule has 154 valence electrons. The highest BCUT2D eigenvalue weighted by Gasteiger charge is 2.29. The van der Waals surface area contributed by atoms with Gasteiger partial charge in [-0.2, -0.15) is 0 Å². The van der Waals surface area contributed by atoms with Crippen LogP contribution in [0.4, 0.5) is 11.4 Å². The van der Waals surface area contributed by atoms with Gasteiger partial charge in [0.1, 0.15) is 5.75 Å². The number of hydrogen-bond acceptors (Lipinski definition) is 5. The summed E-state index contributed by atoms with van der Waals surface area (Å²) in [6.45, 7) is 3.56. The van der Waals surface area contributed by atoms with E-state index in [0.717, 1.165) is 11.3 Å². The van der Waals surface area contributed by atoms with Crippen LogP contribution in [0.3, 0.4) is 0 Å². The summed E-state index contributed by atoms with van der Waals surface area (Å²) in [6.07, 6.45) is 0.454. The molecule has 1 N–H and O–H groups in total. The van der Waals surface area contributed by atoms with Gasteiger partial charge in [-0.15, -0.1) is 0 Å². The average molecular weight is 416 g/mol. The van der Waals surface area contributed by atoms with Gasteiger partial charge in [0.2, 0.25) is 11.8 Å². The second kappa shape index (κ2) is 8.24. The van der Waals surface area contributed by atoms with Crippen LogP contribution in [-0.2, 0) is 25.8 Å². The van der Waals surface area contributed by atoms with Gasteiger partial charge < -0.3 is 15.0 Å². The lowest BCUT2D eigenvalue weighted by Gasteiger charge is -2.16. The standard InChI is InChI=1S/C21H24N2O5S/c1-14(12-21(25)22-17-4-6-18(28-3)7-5-17)29(26,27)19-8-9-20-16(13-19)10-11-23(20)15(2)24/h4-9,13-14H,10-12H2,1-3H3,(H,22,25)/t14-/m0/s1. The minimum absolute atomic E-state index is 0.0667. The smallest absolute Gasteiger partial charge is 0.225 e. The van der Waals surface area contributed by atoms with Crippen LogP contribution in [0.5, 0.6) is 5.75 Å². The zero-order valence-electron chi connectivity index (χ0n) is 16.6. The average Bonchev–Trinajstić information content (AvgIpc) is 3.12. The van der Waals surface area contributed by atoms with Gasteiger partial charge in [0.25, 0.3) is 0 Å². The number of methoxy groups -OCH3 is 1. The van der Waals surface area contributed by atoms with E-state index in [9.17, 15) is 18.0 Å². The van der Waals surface area contributed by atoms with E-state index >= 15 is 0 Å². The molecule has 3 rings (SSSR count). The van der Waals surface area contributed by atoms with Crippen molar-refractivity contribution in [2.24, 2.45) is 0 Å². The number of ether oxygens (including phenoxy) is 1. The van der Waals surface area contributed by atoms with Crippen molar-refractivity contribution < 1.29 is 22.7 Å². The number of benzene rings is 2. The number of carbonyl (C=O) groups is 2. The summed E-state index contributed by atoms with van der Waals surface area (Å²) in [6, 6.07) is 11.6. The molecule has 2 aromatic carbocycles. The molecular weight excluding hydrogens is 392 g/mol. The second-order valence-electron chi connectivity index (χ2n) is 7.05. The topological polar surface area (TPSA) is 92.8 Å². The molecule has 0 unspecified atom stereocenters. The summed E-state index contributed by atoms with van der Waals surface area (Å²) in [5.74, 6) is 0.219. The summed E-state index contributed by atoms with van der Waals surface area (Å²) in [7, 11) is -2.13. The van der Waals surface area contributed by atoms with Gasteiger partial charge in [0, 0.05) is 31.3 Å². The molecule has 0 aliphatic carbocycles. The van der Waals surface area contributed by atoms with Gasteiger partial charge in [-0.25, -0.2) is 8.42 Å². The van der Waals surface area contributed by atoms with Gasteiger partial charge in [0.15, 0.2) is 9.84 Å². The SMILES string of the molecule is COc1ccc(NC(=O)C[C@H](C)S(=O)(=O)c2ccc3c(c2)CCN3C(C)=O)cc1. The third kappa shape index (κ3) is 4.42. The first-order chi connectivity index (χ1) is 13.7. The lowest BCUT2D eigenvalue weighted by atomic mass is 10.2. The summed E-state index contributed by atoms with van der Waals surface area (Å²) in [5, 5.41) is 1.82. The molecule has 0 bridgehead atoms. The van der Waals surface area contributed by atoms with E-state index in [0.29, 0.717) is 24.4 Å². The number of hydrogen-bond donors (Lipinski definition) is 1. The number of nitrogens with one attached hydrogen (secondary N) is 1.